The van der Waals surface area contributed by atoms with E-state index in [2.05, 4.69) is 42.4 Å². The van der Waals surface area contributed by atoms with E-state index < -0.39 is 0 Å². The summed E-state index contributed by atoms with van der Waals surface area (Å²) in [6, 6.07) is 14.1. The molecule has 0 atom stereocenters. The Bertz CT molecular complexity index is 976. The summed E-state index contributed by atoms with van der Waals surface area (Å²) in [7, 11) is 3.56. The Morgan fingerprint density at radius 3 is 2.66 bits per heavy atom. The largest absolute Gasteiger partial charge is 0.495 e. The summed E-state index contributed by atoms with van der Waals surface area (Å²) >= 11 is 0. The van der Waals surface area contributed by atoms with Gasteiger partial charge in [-0.05, 0) is 24.3 Å². The Morgan fingerprint density at radius 2 is 1.86 bits per heavy atom. The second-order valence-corrected chi connectivity index (χ2v) is 6.92. The van der Waals surface area contributed by atoms with E-state index in [-0.39, 0.29) is 0 Å². The van der Waals surface area contributed by atoms with Crippen molar-refractivity contribution < 1.29 is 4.74 Å². The molecule has 0 saturated carbocycles. The van der Waals surface area contributed by atoms with Crippen LogP contribution in [0.2, 0.25) is 0 Å². The number of pyridine rings is 1. The molecule has 2 aromatic heterocycles. The number of guanidine groups is 1. The standard InChI is InChI=1S/C21H27N7O/c1-22-21(23-11-10-20-25-24-19-9-5-6-12-28(19)20)27-15-13-26(14-16-27)17-7-3-4-8-18(17)29-2/h3-9,12H,10-11,13-16H2,1-2H3,(H,22,23). The van der Waals surface area contributed by atoms with E-state index in [1.807, 2.05) is 48.0 Å². The van der Waals surface area contributed by atoms with E-state index in [0.717, 1.165) is 68.0 Å². The van der Waals surface area contributed by atoms with E-state index in [0.29, 0.717) is 0 Å². The van der Waals surface area contributed by atoms with Crippen LogP contribution in [-0.2, 0) is 6.42 Å². The maximum absolute atomic E-state index is 5.51. The van der Waals surface area contributed by atoms with Gasteiger partial charge in [-0.2, -0.15) is 0 Å². The highest BCUT2D eigenvalue weighted by molar-refractivity contribution is 5.80. The molecule has 3 heterocycles. The molecule has 0 radical (unpaired) electrons. The van der Waals surface area contributed by atoms with Crippen LogP contribution in [0.3, 0.4) is 0 Å². The molecular formula is C21H27N7O. The van der Waals surface area contributed by atoms with Crippen molar-refractivity contribution in [2.24, 2.45) is 4.99 Å². The molecule has 152 valence electrons. The second kappa shape index (κ2) is 8.81. The van der Waals surface area contributed by atoms with Gasteiger partial charge in [0, 0.05) is 52.4 Å². The van der Waals surface area contributed by atoms with Crippen molar-refractivity contribution >= 4 is 17.3 Å². The smallest absolute Gasteiger partial charge is 0.193 e. The molecule has 3 aromatic rings. The number of piperazine rings is 1. The maximum atomic E-state index is 5.51. The summed E-state index contributed by atoms with van der Waals surface area (Å²) in [4.78, 5) is 9.14. The van der Waals surface area contributed by atoms with Crippen molar-refractivity contribution in [2.45, 2.75) is 6.42 Å². The lowest BCUT2D eigenvalue weighted by atomic mass is 10.2. The number of anilines is 1. The Kier molecular flexibility index (Phi) is 5.79. The lowest BCUT2D eigenvalue weighted by Gasteiger charge is -2.38. The van der Waals surface area contributed by atoms with Crippen LogP contribution in [0.4, 0.5) is 5.69 Å². The number of nitrogens with zero attached hydrogens (tertiary/aromatic N) is 6. The van der Waals surface area contributed by atoms with Gasteiger partial charge in [0.15, 0.2) is 11.6 Å². The Labute approximate surface area is 170 Å². The summed E-state index contributed by atoms with van der Waals surface area (Å²) in [5, 5.41) is 12.0. The number of hydrogen-bond donors (Lipinski definition) is 1. The highest BCUT2D eigenvalue weighted by Crippen LogP contribution is 2.28. The zero-order chi connectivity index (χ0) is 20.1. The van der Waals surface area contributed by atoms with Gasteiger partial charge in [-0.15, -0.1) is 10.2 Å². The van der Waals surface area contributed by atoms with Crippen LogP contribution in [0.25, 0.3) is 5.65 Å². The third kappa shape index (κ3) is 4.11. The van der Waals surface area contributed by atoms with Crippen LogP contribution in [-0.4, -0.2) is 72.3 Å². The number of para-hydroxylation sites is 2. The SMILES string of the molecule is CN=C(NCCc1nnc2ccccn12)N1CCN(c2ccccc2OC)CC1. The molecule has 0 unspecified atom stereocenters. The molecule has 1 aromatic carbocycles. The van der Waals surface area contributed by atoms with Crippen LogP contribution in [0.1, 0.15) is 5.82 Å². The number of ether oxygens (including phenoxy) is 1. The van der Waals surface area contributed by atoms with Crippen molar-refractivity contribution in [3.63, 3.8) is 0 Å². The average molecular weight is 393 g/mol. The zero-order valence-corrected chi connectivity index (χ0v) is 17.0. The number of methoxy groups -OCH3 is 1. The fraction of sp³-hybridized carbons (Fsp3) is 0.381. The Morgan fingerprint density at radius 1 is 1.07 bits per heavy atom. The molecule has 4 rings (SSSR count). The van der Waals surface area contributed by atoms with Crippen LogP contribution >= 0.6 is 0 Å². The minimum Gasteiger partial charge on any atom is -0.495 e. The van der Waals surface area contributed by atoms with Crippen molar-refractivity contribution in [1.29, 1.82) is 0 Å². The fourth-order valence-corrected chi connectivity index (χ4v) is 3.73. The van der Waals surface area contributed by atoms with Gasteiger partial charge in [0.1, 0.15) is 11.6 Å². The van der Waals surface area contributed by atoms with Crippen molar-refractivity contribution in [3.8, 4) is 5.75 Å². The minimum atomic E-state index is 0.759. The third-order valence-electron chi connectivity index (χ3n) is 5.23. The van der Waals surface area contributed by atoms with Gasteiger partial charge >= 0.3 is 0 Å². The molecule has 8 nitrogen and oxygen atoms in total. The quantitative estimate of drug-likeness (QED) is 0.525. The molecule has 1 aliphatic heterocycles. The van der Waals surface area contributed by atoms with Gasteiger partial charge in [0.2, 0.25) is 0 Å². The first-order valence-corrected chi connectivity index (χ1v) is 9.92. The number of rotatable bonds is 5. The summed E-state index contributed by atoms with van der Waals surface area (Å²) in [5.74, 6) is 2.80. The fourth-order valence-electron chi connectivity index (χ4n) is 3.73. The summed E-state index contributed by atoms with van der Waals surface area (Å²) in [6.45, 7) is 4.43. The topological polar surface area (TPSA) is 70.3 Å². The molecule has 0 amide bonds. The van der Waals surface area contributed by atoms with Crippen molar-refractivity contribution in [1.82, 2.24) is 24.8 Å². The molecule has 29 heavy (non-hydrogen) atoms. The molecule has 1 aliphatic rings. The van der Waals surface area contributed by atoms with E-state index in [1.165, 1.54) is 0 Å². The second-order valence-electron chi connectivity index (χ2n) is 6.92. The third-order valence-corrected chi connectivity index (χ3v) is 5.23. The highest BCUT2D eigenvalue weighted by atomic mass is 16.5. The molecule has 1 fully saturated rings. The summed E-state index contributed by atoms with van der Waals surface area (Å²) in [5.41, 5.74) is 2.02. The molecule has 0 bridgehead atoms. The van der Waals surface area contributed by atoms with Crippen LogP contribution in [0, 0.1) is 0 Å². The van der Waals surface area contributed by atoms with E-state index >= 15 is 0 Å². The predicted molar refractivity (Wildman–Crippen MR) is 115 cm³/mol. The van der Waals surface area contributed by atoms with Crippen molar-refractivity contribution in [3.05, 3.63) is 54.5 Å². The van der Waals surface area contributed by atoms with Gasteiger partial charge in [-0.3, -0.25) is 9.39 Å². The van der Waals surface area contributed by atoms with E-state index in [1.54, 1.807) is 7.11 Å². The van der Waals surface area contributed by atoms with Gasteiger partial charge in [-0.1, -0.05) is 18.2 Å². The number of fused-ring (bicyclic) bond motifs is 1. The number of aromatic nitrogens is 3. The van der Waals surface area contributed by atoms with Gasteiger partial charge in [0.05, 0.1) is 12.8 Å². The van der Waals surface area contributed by atoms with E-state index in [9.17, 15) is 0 Å². The minimum absolute atomic E-state index is 0.759. The van der Waals surface area contributed by atoms with Crippen LogP contribution < -0.4 is 15.0 Å². The summed E-state index contributed by atoms with van der Waals surface area (Å²) in [6.07, 6.45) is 2.78. The molecule has 1 N–H and O–H groups in total. The first-order valence-electron chi connectivity index (χ1n) is 9.92. The monoisotopic (exact) mass is 393 g/mol. The highest BCUT2D eigenvalue weighted by Gasteiger charge is 2.21. The Balaban J connectivity index is 1.31. The first kappa shape index (κ1) is 19.0. The summed E-state index contributed by atoms with van der Waals surface area (Å²) < 4.78 is 7.53. The van der Waals surface area contributed by atoms with Gasteiger partial charge in [-0.25, -0.2) is 0 Å². The molecular weight excluding hydrogens is 366 g/mol. The van der Waals surface area contributed by atoms with Gasteiger partial charge < -0.3 is 19.9 Å². The molecule has 8 heteroatoms. The molecule has 0 aliphatic carbocycles. The first-order chi connectivity index (χ1) is 14.3. The van der Waals surface area contributed by atoms with Crippen LogP contribution in [0.5, 0.6) is 5.75 Å². The van der Waals surface area contributed by atoms with Gasteiger partial charge in [0.25, 0.3) is 0 Å². The number of nitrogens with one attached hydrogen (secondary N) is 1. The lowest BCUT2D eigenvalue weighted by Crippen LogP contribution is -2.52. The number of aliphatic imine (C=N–C) groups is 1. The lowest BCUT2D eigenvalue weighted by molar-refractivity contribution is 0.367. The molecule has 0 spiro atoms. The maximum Gasteiger partial charge on any atom is 0.193 e. The molecule has 1 saturated heterocycles. The zero-order valence-electron chi connectivity index (χ0n) is 17.0. The number of hydrogen-bond acceptors (Lipinski definition) is 5. The number of benzene rings is 1. The van der Waals surface area contributed by atoms with Crippen molar-refractivity contribution in [2.75, 3.05) is 51.8 Å². The average Bonchev–Trinajstić information content (AvgIpc) is 3.20. The predicted octanol–water partition coefficient (Wildman–Crippen LogP) is 1.68. The van der Waals surface area contributed by atoms with Crippen LogP contribution in [0.15, 0.2) is 53.7 Å². The van der Waals surface area contributed by atoms with E-state index in [4.69, 9.17) is 4.74 Å². The normalized spacial score (nSPS) is 15.0. The Hall–Kier alpha value is -3.29.